The third-order valence-electron chi connectivity index (χ3n) is 4.42. The van der Waals surface area contributed by atoms with E-state index in [2.05, 4.69) is 19.5 Å². The minimum absolute atomic E-state index is 0.337. The number of carbonyl (C=O) groups is 5. The Morgan fingerprint density at radius 3 is 2.21 bits per heavy atom. The molecule has 0 amide bonds. The molecule has 34 heavy (non-hydrogen) atoms. The van der Waals surface area contributed by atoms with Gasteiger partial charge in [-0.25, -0.2) is 28.7 Å². The highest BCUT2D eigenvalue weighted by molar-refractivity contribution is 7.46. The van der Waals surface area contributed by atoms with Crippen molar-refractivity contribution in [3.8, 4) is 11.3 Å². The lowest BCUT2D eigenvalue weighted by Crippen LogP contribution is -2.31. The molecule has 3 rings (SSSR count). The molecule has 0 saturated carbocycles. The van der Waals surface area contributed by atoms with Gasteiger partial charge in [0.2, 0.25) is 5.78 Å². The van der Waals surface area contributed by atoms with E-state index in [1.54, 1.807) is 0 Å². The Morgan fingerprint density at radius 1 is 1.06 bits per heavy atom. The van der Waals surface area contributed by atoms with Gasteiger partial charge in [-0.05, 0) is 12.1 Å². The molecule has 1 aliphatic carbocycles. The van der Waals surface area contributed by atoms with E-state index in [1.165, 1.54) is 0 Å². The molecule has 2 heterocycles. The summed E-state index contributed by atoms with van der Waals surface area (Å²) in [6.07, 6.45) is 0. The number of aromatic carboxylic acids is 3. The van der Waals surface area contributed by atoms with Crippen LogP contribution in [0.3, 0.4) is 0 Å². The van der Waals surface area contributed by atoms with Crippen molar-refractivity contribution in [2.24, 2.45) is 4.99 Å². The van der Waals surface area contributed by atoms with Crippen LogP contribution in [0.5, 0.6) is 0 Å². The Labute approximate surface area is 186 Å². The maximum Gasteiger partial charge on any atom is 0.469 e. The van der Waals surface area contributed by atoms with Crippen molar-refractivity contribution in [3.63, 3.8) is 0 Å². The molecule has 7 N–H and O–H groups in total. The van der Waals surface area contributed by atoms with E-state index in [4.69, 9.17) is 9.79 Å². The molecule has 1 aliphatic rings. The Kier molecular flexibility index (Phi) is 6.17. The number of carbonyl (C=O) groups excluding carboxylic acids is 1. The van der Waals surface area contributed by atoms with Gasteiger partial charge in [0.25, 0.3) is 0 Å². The maximum absolute atomic E-state index is 13.1. The maximum atomic E-state index is 13.1. The van der Waals surface area contributed by atoms with Gasteiger partial charge in [-0.3, -0.25) is 14.3 Å². The number of phosphoric ester groups is 1. The van der Waals surface area contributed by atoms with Crippen LogP contribution in [0.2, 0.25) is 0 Å². The van der Waals surface area contributed by atoms with Crippen LogP contribution in [-0.2, 0) is 13.9 Å². The van der Waals surface area contributed by atoms with Gasteiger partial charge in [0, 0.05) is 5.56 Å². The molecule has 0 saturated heterocycles. The minimum atomic E-state index is -5.16. The first-order valence-corrected chi connectivity index (χ1v) is 10.3. The average Bonchev–Trinajstić information content (AvgIpc) is 3.17. The average molecular weight is 497 g/mol. The van der Waals surface area contributed by atoms with Gasteiger partial charge in [0.15, 0.2) is 6.04 Å². The van der Waals surface area contributed by atoms with Crippen LogP contribution >= 0.6 is 7.82 Å². The Balaban J connectivity index is 2.36. The number of aliphatic imine (C=N–C) groups is 1. The number of ketones is 1. The van der Waals surface area contributed by atoms with Crippen molar-refractivity contribution >= 4 is 43.2 Å². The highest BCUT2D eigenvalue weighted by Gasteiger charge is 2.38. The van der Waals surface area contributed by atoms with E-state index in [-0.39, 0.29) is 5.69 Å². The number of nitrogens with zero attached hydrogens (tertiary/aromatic N) is 2. The SMILES string of the molecule is O=C(O)c1cc(C(=O)O)c2c(n1)C(=NC(COP(=O)(O)O)C(=O)O)C(=O)c1cc(C(=O)O)[nH]c1-2. The number of phosphoric acid groups is 1. The van der Waals surface area contributed by atoms with Crippen LogP contribution in [0.15, 0.2) is 17.1 Å². The summed E-state index contributed by atoms with van der Waals surface area (Å²) in [6.45, 7) is -1.23. The quantitative estimate of drug-likeness (QED) is 0.231. The molecule has 0 bridgehead atoms. The molecule has 2 aromatic rings. The van der Waals surface area contributed by atoms with E-state index in [0.29, 0.717) is 6.07 Å². The van der Waals surface area contributed by atoms with Crippen molar-refractivity contribution < 1.29 is 63.3 Å². The Hall–Kier alpha value is -4.24. The Bertz CT molecular complexity index is 1350. The number of fused-ring (bicyclic) bond motifs is 3. The van der Waals surface area contributed by atoms with Gasteiger partial charge in [-0.15, -0.1) is 0 Å². The van der Waals surface area contributed by atoms with Gasteiger partial charge in [-0.1, -0.05) is 0 Å². The predicted octanol–water partition coefficient (Wildman–Crippen LogP) is -0.281. The fraction of sp³-hybridized carbons (Fsp3) is 0.118. The largest absolute Gasteiger partial charge is 0.480 e. The van der Waals surface area contributed by atoms with Gasteiger partial charge in [-0.2, -0.15) is 0 Å². The number of carboxylic acid groups (broad SMARTS) is 4. The number of H-pyrrole nitrogens is 1. The second kappa shape index (κ2) is 8.60. The second-order valence-corrected chi connectivity index (χ2v) is 7.85. The lowest BCUT2D eigenvalue weighted by Gasteiger charge is -2.20. The predicted molar refractivity (Wildman–Crippen MR) is 105 cm³/mol. The number of nitrogens with one attached hydrogen (secondary N) is 1. The van der Waals surface area contributed by atoms with Crippen molar-refractivity contribution in [1.29, 1.82) is 0 Å². The summed E-state index contributed by atoms with van der Waals surface area (Å²) in [5.41, 5.74) is -4.93. The number of hydrogen-bond acceptors (Lipinski definition) is 9. The normalized spacial score (nSPS) is 14.9. The highest BCUT2D eigenvalue weighted by atomic mass is 31.2. The molecule has 0 aromatic carbocycles. The molecule has 0 aliphatic heterocycles. The highest BCUT2D eigenvalue weighted by Crippen LogP contribution is 2.38. The van der Waals surface area contributed by atoms with Crippen LogP contribution < -0.4 is 0 Å². The summed E-state index contributed by atoms with van der Waals surface area (Å²) in [4.78, 5) is 86.6. The molecule has 0 radical (unpaired) electrons. The van der Waals surface area contributed by atoms with Crippen LogP contribution in [0.4, 0.5) is 0 Å². The van der Waals surface area contributed by atoms with Crippen molar-refractivity contribution in [2.45, 2.75) is 6.04 Å². The standard InChI is InChI=1S/C17H12N3O13P/c21-13-5-2-7(16(26)27)18-10(5)9-4(14(22)23)1-6(15(24)25)19-11(9)12(13)20-8(17(28)29)3-33-34(30,31)32/h1-2,8,18H,3H2,(H,22,23)(H,24,25)(H,26,27)(H,28,29)(H2,30,31,32). The number of aromatic amines is 1. The number of pyridine rings is 1. The molecule has 16 nitrogen and oxygen atoms in total. The van der Waals surface area contributed by atoms with Crippen LogP contribution in [0.25, 0.3) is 11.3 Å². The van der Waals surface area contributed by atoms with E-state index in [1.807, 2.05) is 0 Å². The summed E-state index contributed by atoms with van der Waals surface area (Å²) < 4.78 is 15.1. The summed E-state index contributed by atoms with van der Waals surface area (Å²) in [7, 11) is -5.16. The number of Topliss-reactive ketones (excluding diaryl/α,β-unsaturated/α-hetero) is 1. The summed E-state index contributed by atoms with van der Waals surface area (Å²) in [6, 6.07) is -0.646. The zero-order chi connectivity index (χ0) is 25.5. The van der Waals surface area contributed by atoms with Crippen LogP contribution in [-0.4, -0.2) is 88.2 Å². The van der Waals surface area contributed by atoms with Gasteiger partial charge in [0.05, 0.1) is 23.4 Å². The number of aliphatic carboxylic acids is 1. The molecule has 1 atom stereocenters. The molecule has 178 valence electrons. The van der Waals surface area contributed by atoms with E-state index in [0.717, 1.165) is 6.07 Å². The first kappa shape index (κ1) is 24.4. The molecule has 0 spiro atoms. The number of aromatic nitrogens is 2. The fourth-order valence-electron chi connectivity index (χ4n) is 3.04. The zero-order valence-corrected chi connectivity index (χ0v) is 17.2. The topological polar surface area (TPSA) is 274 Å². The first-order chi connectivity index (χ1) is 15.7. The molecule has 0 fully saturated rings. The lowest BCUT2D eigenvalue weighted by molar-refractivity contribution is -0.139. The van der Waals surface area contributed by atoms with E-state index in [9.17, 15) is 49.0 Å². The smallest absolute Gasteiger partial charge is 0.469 e. The third-order valence-corrected chi connectivity index (χ3v) is 4.91. The Morgan fingerprint density at radius 2 is 1.71 bits per heavy atom. The summed E-state index contributed by atoms with van der Waals surface area (Å²) in [5, 5.41) is 37.5. The van der Waals surface area contributed by atoms with Gasteiger partial charge >= 0.3 is 31.7 Å². The van der Waals surface area contributed by atoms with Gasteiger partial charge in [0.1, 0.15) is 22.8 Å². The summed E-state index contributed by atoms with van der Waals surface area (Å²) in [5.74, 6) is -7.89. The van der Waals surface area contributed by atoms with E-state index >= 15 is 0 Å². The first-order valence-electron chi connectivity index (χ1n) is 8.75. The minimum Gasteiger partial charge on any atom is -0.480 e. The number of hydrogen-bond donors (Lipinski definition) is 7. The second-order valence-electron chi connectivity index (χ2n) is 6.61. The third kappa shape index (κ3) is 4.60. The van der Waals surface area contributed by atoms with Crippen molar-refractivity contribution in [3.05, 3.63) is 40.3 Å². The summed E-state index contributed by atoms with van der Waals surface area (Å²) >= 11 is 0. The molecule has 1 unspecified atom stereocenters. The fourth-order valence-corrected chi connectivity index (χ4v) is 3.37. The zero-order valence-electron chi connectivity index (χ0n) is 16.3. The monoisotopic (exact) mass is 497 g/mol. The molecular weight excluding hydrogens is 485 g/mol. The molecule has 17 heteroatoms. The van der Waals surface area contributed by atoms with Crippen molar-refractivity contribution in [1.82, 2.24) is 9.97 Å². The molecular formula is C17H12N3O13P. The van der Waals surface area contributed by atoms with Crippen molar-refractivity contribution in [2.75, 3.05) is 6.61 Å². The van der Waals surface area contributed by atoms with Crippen LogP contribution in [0.1, 0.15) is 47.4 Å². The molecule has 2 aromatic heterocycles. The number of carboxylic acids is 4. The van der Waals surface area contributed by atoms with E-state index < -0.39 is 89.6 Å². The van der Waals surface area contributed by atoms with Gasteiger partial charge < -0.3 is 35.2 Å². The van der Waals surface area contributed by atoms with Crippen LogP contribution in [0, 0.1) is 0 Å². The number of rotatable bonds is 8. The lowest BCUT2D eigenvalue weighted by atomic mass is 9.87.